The number of aliphatic hydroxyl groups is 1. The van der Waals surface area contributed by atoms with E-state index in [1.54, 1.807) is 12.1 Å². The average molecular weight is 419 g/mol. The van der Waals surface area contributed by atoms with Gasteiger partial charge in [-0.15, -0.1) is 11.8 Å². The smallest absolute Gasteiger partial charge is 0.180 e. The predicted octanol–water partition coefficient (Wildman–Crippen LogP) is 3.79. The molecule has 0 radical (unpaired) electrons. The lowest BCUT2D eigenvalue weighted by Crippen LogP contribution is -2.23. The zero-order valence-corrected chi connectivity index (χ0v) is 18.5. The van der Waals surface area contributed by atoms with Crippen molar-refractivity contribution in [3.8, 4) is 6.07 Å². The Balaban J connectivity index is 2.08. The van der Waals surface area contributed by atoms with Gasteiger partial charge in [0.05, 0.1) is 22.3 Å². The Morgan fingerprint density at radius 3 is 2.36 bits per heavy atom. The van der Waals surface area contributed by atoms with Gasteiger partial charge in [-0.1, -0.05) is 32.9 Å². The number of pyridine rings is 1. The summed E-state index contributed by atoms with van der Waals surface area (Å²) in [5.74, 6) is -0.231. The Kier molecular flexibility index (Phi) is 6.92. The highest BCUT2D eigenvalue weighted by molar-refractivity contribution is 7.99. The summed E-state index contributed by atoms with van der Waals surface area (Å²) in [4.78, 5) is 4.54. The molecule has 0 bridgehead atoms. The molecule has 1 heterocycles. The van der Waals surface area contributed by atoms with Crippen molar-refractivity contribution in [2.75, 3.05) is 11.5 Å². The van der Waals surface area contributed by atoms with E-state index in [1.165, 1.54) is 11.8 Å². The van der Waals surface area contributed by atoms with Crippen LogP contribution in [-0.2, 0) is 15.3 Å². The van der Waals surface area contributed by atoms with Crippen molar-refractivity contribution in [1.82, 2.24) is 4.98 Å². The molecule has 5 nitrogen and oxygen atoms in total. The SMILES string of the molecule is Cc1cc(C)c(C#N)c(SC[C@@H](O)CS(=O)(=O)c2ccc(C(C)(C)C)cc2)n1. The summed E-state index contributed by atoms with van der Waals surface area (Å²) in [6.07, 6.45) is -1.06. The van der Waals surface area contributed by atoms with Gasteiger partial charge in [-0.2, -0.15) is 5.26 Å². The van der Waals surface area contributed by atoms with Crippen molar-refractivity contribution in [2.45, 2.75) is 56.1 Å². The van der Waals surface area contributed by atoms with Crippen LogP contribution in [0.4, 0.5) is 0 Å². The molecule has 1 N–H and O–H groups in total. The lowest BCUT2D eigenvalue weighted by Gasteiger charge is -2.19. The second-order valence-corrected chi connectivity index (χ2v) is 10.9. The molecule has 0 amide bonds. The lowest BCUT2D eigenvalue weighted by atomic mass is 9.87. The molecule has 1 atom stereocenters. The molecule has 0 aliphatic heterocycles. The van der Waals surface area contributed by atoms with Gasteiger partial charge in [0.25, 0.3) is 0 Å². The molecule has 28 heavy (non-hydrogen) atoms. The molecule has 2 rings (SSSR count). The van der Waals surface area contributed by atoms with Crippen LogP contribution < -0.4 is 0 Å². The normalized spacial score (nSPS) is 13.2. The summed E-state index contributed by atoms with van der Waals surface area (Å²) in [7, 11) is -3.61. The minimum absolute atomic E-state index is 0.0597. The Bertz CT molecular complexity index is 986. The lowest BCUT2D eigenvalue weighted by molar-refractivity contribution is 0.222. The van der Waals surface area contributed by atoms with E-state index in [0.717, 1.165) is 16.8 Å². The summed E-state index contributed by atoms with van der Waals surface area (Å²) in [6.45, 7) is 9.86. The van der Waals surface area contributed by atoms with E-state index in [2.05, 4.69) is 31.8 Å². The number of nitriles is 1. The van der Waals surface area contributed by atoms with Crippen molar-refractivity contribution in [3.05, 3.63) is 52.7 Å². The zero-order chi connectivity index (χ0) is 21.1. The minimum atomic E-state index is -3.61. The summed E-state index contributed by atoms with van der Waals surface area (Å²) < 4.78 is 25.2. The average Bonchev–Trinajstić information content (AvgIpc) is 2.58. The van der Waals surface area contributed by atoms with Gasteiger partial charge in [-0.25, -0.2) is 13.4 Å². The highest BCUT2D eigenvalue weighted by Crippen LogP contribution is 2.26. The fourth-order valence-corrected chi connectivity index (χ4v) is 5.32. The quantitative estimate of drug-likeness (QED) is 0.718. The van der Waals surface area contributed by atoms with Gasteiger partial charge < -0.3 is 5.11 Å². The van der Waals surface area contributed by atoms with Gasteiger partial charge in [-0.3, -0.25) is 0 Å². The Hall–Kier alpha value is -1.88. The first-order valence-corrected chi connectivity index (χ1v) is 11.6. The highest BCUT2D eigenvalue weighted by Gasteiger charge is 2.22. The van der Waals surface area contributed by atoms with Gasteiger partial charge in [0.2, 0.25) is 0 Å². The first kappa shape index (κ1) is 22.4. The van der Waals surface area contributed by atoms with Crippen LogP contribution in [0.1, 0.15) is 43.2 Å². The molecule has 0 spiro atoms. The summed E-state index contributed by atoms with van der Waals surface area (Å²) in [5, 5.41) is 20.1. The van der Waals surface area contributed by atoms with Gasteiger partial charge >= 0.3 is 0 Å². The topological polar surface area (TPSA) is 91.0 Å². The first-order chi connectivity index (χ1) is 12.9. The maximum Gasteiger partial charge on any atom is 0.180 e. The number of nitrogens with zero attached hydrogens (tertiary/aromatic N) is 2. The van der Waals surface area contributed by atoms with E-state index in [1.807, 2.05) is 32.0 Å². The fourth-order valence-electron chi connectivity index (χ4n) is 2.78. The first-order valence-electron chi connectivity index (χ1n) is 8.96. The number of aryl methyl sites for hydroxylation is 2. The number of sulfone groups is 1. The number of aliphatic hydroxyl groups excluding tert-OH is 1. The molecule has 0 aliphatic carbocycles. The third-order valence-corrected chi connectivity index (χ3v) is 7.26. The van der Waals surface area contributed by atoms with E-state index in [-0.39, 0.29) is 21.8 Å². The molecule has 0 aliphatic rings. The van der Waals surface area contributed by atoms with Gasteiger partial charge in [-0.05, 0) is 48.6 Å². The third kappa shape index (κ3) is 5.57. The second kappa shape index (κ2) is 8.64. The van der Waals surface area contributed by atoms with E-state index in [4.69, 9.17) is 0 Å². The van der Waals surface area contributed by atoms with Crippen LogP contribution >= 0.6 is 11.8 Å². The van der Waals surface area contributed by atoms with Gasteiger partial charge in [0.15, 0.2) is 9.84 Å². The number of benzene rings is 1. The number of hydrogen-bond donors (Lipinski definition) is 1. The molecule has 150 valence electrons. The second-order valence-electron chi connectivity index (χ2n) is 7.89. The molecule has 2 aromatic rings. The minimum Gasteiger partial charge on any atom is -0.391 e. The number of thioether (sulfide) groups is 1. The Morgan fingerprint density at radius 1 is 1.21 bits per heavy atom. The fraction of sp³-hybridized carbons (Fsp3) is 0.429. The van der Waals surface area contributed by atoms with E-state index >= 15 is 0 Å². The van der Waals surface area contributed by atoms with Crippen LogP contribution in [0.3, 0.4) is 0 Å². The maximum absolute atomic E-state index is 12.6. The monoisotopic (exact) mass is 418 g/mol. The maximum atomic E-state index is 12.6. The Labute approximate surface area is 171 Å². The standard InChI is InChI=1S/C21H26N2O3S2/c1-14-10-15(2)23-20(19(14)11-22)27-12-17(24)13-28(25,26)18-8-6-16(7-9-18)21(3,4)5/h6-10,17,24H,12-13H2,1-5H3/t17-/m1/s1. The van der Waals surface area contributed by atoms with Gasteiger partial charge in [0.1, 0.15) is 11.1 Å². The van der Waals surface area contributed by atoms with Crippen LogP contribution in [0.25, 0.3) is 0 Å². The van der Waals surface area contributed by atoms with Crippen LogP contribution in [0, 0.1) is 25.2 Å². The van der Waals surface area contributed by atoms with Crippen molar-refractivity contribution < 1.29 is 13.5 Å². The van der Waals surface area contributed by atoms with Crippen molar-refractivity contribution in [3.63, 3.8) is 0 Å². The summed E-state index contributed by atoms with van der Waals surface area (Å²) >= 11 is 1.20. The Morgan fingerprint density at radius 2 is 1.82 bits per heavy atom. The molecular formula is C21H26N2O3S2. The van der Waals surface area contributed by atoms with Crippen LogP contribution in [-0.4, -0.2) is 36.1 Å². The largest absolute Gasteiger partial charge is 0.391 e. The van der Waals surface area contributed by atoms with Gasteiger partial charge in [0, 0.05) is 11.4 Å². The molecular weight excluding hydrogens is 392 g/mol. The summed E-state index contributed by atoms with van der Waals surface area (Å²) in [5.41, 5.74) is 3.05. The predicted molar refractivity (Wildman–Crippen MR) is 112 cm³/mol. The molecule has 0 saturated carbocycles. The van der Waals surface area contributed by atoms with Crippen LogP contribution in [0.15, 0.2) is 40.3 Å². The molecule has 0 fully saturated rings. The van der Waals surface area contributed by atoms with Crippen molar-refractivity contribution in [1.29, 1.82) is 5.26 Å². The van der Waals surface area contributed by atoms with Crippen molar-refractivity contribution in [2.24, 2.45) is 0 Å². The molecule has 0 saturated heterocycles. The zero-order valence-electron chi connectivity index (χ0n) is 16.9. The number of aromatic nitrogens is 1. The number of hydrogen-bond acceptors (Lipinski definition) is 6. The van der Waals surface area contributed by atoms with E-state index in [0.29, 0.717) is 10.6 Å². The van der Waals surface area contributed by atoms with E-state index < -0.39 is 15.9 Å². The number of rotatable bonds is 6. The van der Waals surface area contributed by atoms with E-state index in [9.17, 15) is 18.8 Å². The molecule has 1 aromatic heterocycles. The van der Waals surface area contributed by atoms with Crippen LogP contribution in [0.2, 0.25) is 0 Å². The van der Waals surface area contributed by atoms with Crippen molar-refractivity contribution >= 4 is 21.6 Å². The molecule has 7 heteroatoms. The third-order valence-electron chi connectivity index (χ3n) is 4.33. The molecule has 0 unspecified atom stereocenters. The highest BCUT2D eigenvalue weighted by atomic mass is 32.2. The summed E-state index contributed by atoms with van der Waals surface area (Å²) in [6, 6.07) is 10.8. The van der Waals surface area contributed by atoms with Crippen LogP contribution in [0.5, 0.6) is 0 Å². The molecule has 1 aromatic carbocycles.